The Balaban J connectivity index is 2.04. The number of nitrogens with zero attached hydrogens (tertiary/aromatic N) is 1. The molecule has 28 heavy (non-hydrogen) atoms. The normalized spacial score (nSPS) is 15.6. The molecule has 144 valence electrons. The lowest BCUT2D eigenvalue weighted by atomic mass is 10.0. The van der Waals surface area contributed by atoms with Gasteiger partial charge in [0.25, 0.3) is 11.8 Å². The number of aryl methyl sites for hydroxylation is 1. The predicted octanol–water partition coefficient (Wildman–Crippen LogP) is 2.93. The van der Waals surface area contributed by atoms with E-state index >= 15 is 0 Å². The van der Waals surface area contributed by atoms with E-state index in [9.17, 15) is 14.4 Å². The van der Waals surface area contributed by atoms with Crippen molar-refractivity contribution in [3.63, 3.8) is 0 Å². The van der Waals surface area contributed by atoms with Gasteiger partial charge in [-0.1, -0.05) is 31.2 Å². The van der Waals surface area contributed by atoms with Gasteiger partial charge in [0.2, 0.25) is 0 Å². The fourth-order valence-electron chi connectivity index (χ4n) is 3.01. The summed E-state index contributed by atoms with van der Waals surface area (Å²) in [6, 6.07) is 11.3. The minimum atomic E-state index is -0.764. The lowest BCUT2D eigenvalue weighted by molar-refractivity contribution is -0.122. The van der Waals surface area contributed by atoms with Gasteiger partial charge in [0, 0.05) is 0 Å². The number of carbonyl (C=O) groups excluding carboxylic acids is 3. The van der Waals surface area contributed by atoms with Crippen molar-refractivity contribution in [3.05, 3.63) is 59.2 Å². The van der Waals surface area contributed by atoms with Crippen molar-refractivity contribution in [3.8, 4) is 11.5 Å². The zero-order valence-corrected chi connectivity index (χ0v) is 15.8. The second-order valence-corrected chi connectivity index (χ2v) is 6.05. The highest BCUT2D eigenvalue weighted by Gasteiger charge is 2.37. The van der Waals surface area contributed by atoms with Gasteiger partial charge in [0.15, 0.2) is 11.5 Å². The maximum absolute atomic E-state index is 13.0. The van der Waals surface area contributed by atoms with Gasteiger partial charge in [0.1, 0.15) is 5.57 Å². The molecule has 0 bridgehead atoms. The fraction of sp³-hybridized carbons (Fsp3) is 0.190. The number of methoxy groups -OCH3 is 2. The van der Waals surface area contributed by atoms with E-state index in [1.165, 1.54) is 20.3 Å². The molecule has 1 N–H and O–H groups in total. The number of carbonyl (C=O) groups is 3. The third-order valence-electron chi connectivity index (χ3n) is 4.43. The van der Waals surface area contributed by atoms with Crippen molar-refractivity contribution < 1.29 is 23.9 Å². The van der Waals surface area contributed by atoms with Crippen LogP contribution in [0.3, 0.4) is 0 Å². The number of hydrogen-bond donors (Lipinski definition) is 1. The van der Waals surface area contributed by atoms with Crippen LogP contribution in [-0.4, -0.2) is 32.1 Å². The Morgan fingerprint density at radius 1 is 1.00 bits per heavy atom. The summed E-state index contributed by atoms with van der Waals surface area (Å²) in [4.78, 5) is 38.7. The van der Waals surface area contributed by atoms with Crippen molar-refractivity contribution in [1.29, 1.82) is 0 Å². The average Bonchev–Trinajstić information content (AvgIpc) is 2.71. The van der Waals surface area contributed by atoms with Crippen LogP contribution in [0, 0.1) is 0 Å². The Kier molecular flexibility index (Phi) is 5.44. The van der Waals surface area contributed by atoms with Crippen LogP contribution in [-0.2, 0) is 16.0 Å². The first-order chi connectivity index (χ1) is 13.5. The van der Waals surface area contributed by atoms with Crippen molar-refractivity contribution >= 4 is 29.6 Å². The number of para-hydroxylation sites is 1. The molecule has 0 unspecified atom stereocenters. The van der Waals surface area contributed by atoms with Crippen LogP contribution in [0.1, 0.15) is 18.1 Å². The van der Waals surface area contributed by atoms with E-state index in [4.69, 9.17) is 9.47 Å². The van der Waals surface area contributed by atoms with Gasteiger partial charge in [0.05, 0.1) is 19.9 Å². The number of ether oxygens (including phenoxy) is 2. The van der Waals surface area contributed by atoms with Crippen LogP contribution in [0.2, 0.25) is 0 Å². The molecule has 0 atom stereocenters. The van der Waals surface area contributed by atoms with E-state index in [1.807, 2.05) is 19.1 Å². The minimum Gasteiger partial charge on any atom is -0.493 e. The molecule has 1 aliphatic rings. The molecule has 0 saturated carbocycles. The third kappa shape index (κ3) is 3.46. The maximum Gasteiger partial charge on any atom is 0.335 e. The van der Waals surface area contributed by atoms with E-state index < -0.39 is 17.8 Å². The van der Waals surface area contributed by atoms with Gasteiger partial charge in [-0.25, -0.2) is 9.69 Å². The number of rotatable bonds is 5. The second kappa shape index (κ2) is 7.96. The Hall–Kier alpha value is -3.61. The van der Waals surface area contributed by atoms with Gasteiger partial charge < -0.3 is 9.47 Å². The van der Waals surface area contributed by atoms with Gasteiger partial charge in [-0.3, -0.25) is 14.9 Å². The molecule has 1 saturated heterocycles. The molecule has 7 nitrogen and oxygen atoms in total. The van der Waals surface area contributed by atoms with Crippen LogP contribution in [0.15, 0.2) is 48.0 Å². The molecule has 0 aromatic heterocycles. The molecule has 4 amide bonds. The van der Waals surface area contributed by atoms with E-state index in [1.54, 1.807) is 30.3 Å². The molecule has 0 spiro atoms. The van der Waals surface area contributed by atoms with Crippen LogP contribution >= 0.6 is 0 Å². The van der Waals surface area contributed by atoms with Crippen LogP contribution in [0.4, 0.5) is 10.5 Å². The highest BCUT2D eigenvalue weighted by Crippen LogP contribution is 2.30. The van der Waals surface area contributed by atoms with Gasteiger partial charge in [-0.05, 0) is 41.8 Å². The van der Waals surface area contributed by atoms with Crippen LogP contribution in [0.5, 0.6) is 11.5 Å². The average molecular weight is 380 g/mol. The fourth-order valence-corrected chi connectivity index (χ4v) is 3.01. The highest BCUT2D eigenvalue weighted by molar-refractivity contribution is 6.39. The first kappa shape index (κ1) is 19.2. The van der Waals surface area contributed by atoms with Gasteiger partial charge in [-0.2, -0.15) is 0 Å². The lowest BCUT2D eigenvalue weighted by Crippen LogP contribution is -2.54. The molecular formula is C21H20N2O5. The van der Waals surface area contributed by atoms with Crippen LogP contribution in [0.25, 0.3) is 6.08 Å². The quantitative estimate of drug-likeness (QED) is 0.637. The summed E-state index contributed by atoms with van der Waals surface area (Å²) in [5, 5.41) is 2.23. The molecule has 3 rings (SSSR count). The smallest absolute Gasteiger partial charge is 0.335 e. The summed E-state index contributed by atoms with van der Waals surface area (Å²) in [5.74, 6) is -0.429. The number of nitrogens with one attached hydrogen (secondary N) is 1. The molecule has 0 aliphatic carbocycles. The molecule has 1 aliphatic heterocycles. The van der Waals surface area contributed by atoms with E-state index in [0.29, 0.717) is 29.2 Å². The Morgan fingerprint density at radius 2 is 1.71 bits per heavy atom. The summed E-state index contributed by atoms with van der Waals surface area (Å²) in [5.41, 5.74) is 1.70. The van der Waals surface area contributed by atoms with E-state index in [-0.39, 0.29) is 5.57 Å². The van der Waals surface area contributed by atoms with Crippen molar-refractivity contribution in [2.75, 3.05) is 19.1 Å². The third-order valence-corrected chi connectivity index (χ3v) is 4.43. The number of hydrogen-bond acceptors (Lipinski definition) is 5. The first-order valence-corrected chi connectivity index (χ1v) is 8.71. The zero-order valence-electron chi connectivity index (χ0n) is 15.8. The standard InChI is InChI=1S/C21H20N2O5/c1-4-14-7-5-6-8-16(14)23-20(25)15(19(24)22-21(23)26)11-13-9-10-17(27-2)18(12-13)28-3/h5-12H,4H2,1-3H3,(H,22,24,26). The van der Waals surface area contributed by atoms with E-state index in [0.717, 1.165) is 10.5 Å². The first-order valence-electron chi connectivity index (χ1n) is 8.71. The SMILES string of the molecule is CCc1ccccc1N1C(=O)NC(=O)C(=Cc2ccc(OC)c(OC)c2)C1=O. The summed E-state index contributed by atoms with van der Waals surface area (Å²) >= 11 is 0. The zero-order chi connectivity index (χ0) is 20.3. The summed E-state index contributed by atoms with van der Waals surface area (Å²) in [6.07, 6.45) is 2.06. The minimum absolute atomic E-state index is 0.141. The molecule has 0 radical (unpaired) electrons. The van der Waals surface area contributed by atoms with Gasteiger partial charge >= 0.3 is 6.03 Å². The summed E-state index contributed by atoms with van der Waals surface area (Å²) in [6.45, 7) is 1.93. The predicted molar refractivity (Wildman–Crippen MR) is 104 cm³/mol. The molecule has 1 heterocycles. The number of anilines is 1. The summed E-state index contributed by atoms with van der Waals surface area (Å²) < 4.78 is 10.4. The number of amides is 4. The number of benzene rings is 2. The Morgan fingerprint density at radius 3 is 2.39 bits per heavy atom. The van der Waals surface area contributed by atoms with Crippen molar-refractivity contribution in [2.45, 2.75) is 13.3 Å². The number of barbiturate groups is 1. The molecule has 2 aromatic carbocycles. The topological polar surface area (TPSA) is 84.9 Å². The maximum atomic E-state index is 13.0. The highest BCUT2D eigenvalue weighted by atomic mass is 16.5. The molecule has 7 heteroatoms. The second-order valence-electron chi connectivity index (χ2n) is 6.05. The van der Waals surface area contributed by atoms with E-state index in [2.05, 4.69) is 5.32 Å². The number of urea groups is 1. The van der Waals surface area contributed by atoms with Crippen molar-refractivity contribution in [2.24, 2.45) is 0 Å². The number of imide groups is 2. The summed E-state index contributed by atoms with van der Waals surface area (Å²) in [7, 11) is 3.01. The molecule has 2 aromatic rings. The van der Waals surface area contributed by atoms with Gasteiger partial charge in [-0.15, -0.1) is 0 Å². The largest absolute Gasteiger partial charge is 0.493 e. The van der Waals surface area contributed by atoms with Crippen molar-refractivity contribution in [1.82, 2.24) is 5.32 Å². The monoisotopic (exact) mass is 380 g/mol. The Labute approximate surface area is 162 Å². The molecule has 1 fully saturated rings. The van der Waals surface area contributed by atoms with Crippen LogP contribution < -0.4 is 19.7 Å². The lowest BCUT2D eigenvalue weighted by Gasteiger charge is -2.28. The Bertz CT molecular complexity index is 981. The molecular weight excluding hydrogens is 360 g/mol.